The predicted molar refractivity (Wildman–Crippen MR) is 70.6 cm³/mol. The van der Waals surface area contributed by atoms with Gasteiger partial charge in [0.05, 0.1) is 12.6 Å². The minimum Gasteiger partial charge on any atom is -0.454 e. The van der Waals surface area contributed by atoms with E-state index in [1.54, 1.807) is 0 Å². The van der Waals surface area contributed by atoms with Gasteiger partial charge >= 0.3 is 0 Å². The third kappa shape index (κ3) is 1.85. The summed E-state index contributed by atoms with van der Waals surface area (Å²) in [6.07, 6.45) is 2.67. The number of fused-ring (bicyclic) bond motifs is 1. The lowest BCUT2D eigenvalue weighted by molar-refractivity contribution is -0.157. The fourth-order valence-electron chi connectivity index (χ4n) is 3.11. The summed E-state index contributed by atoms with van der Waals surface area (Å²) in [6.45, 7) is 1.80. The summed E-state index contributed by atoms with van der Waals surface area (Å²) >= 11 is 0. The van der Waals surface area contributed by atoms with Crippen LogP contribution in [0.2, 0.25) is 0 Å². The van der Waals surface area contributed by atoms with Crippen LogP contribution >= 0.6 is 0 Å². The lowest BCUT2D eigenvalue weighted by atomic mass is 10.0. The molecule has 1 aromatic carbocycles. The highest BCUT2D eigenvalue weighted by atomic mass is 16.7. The standard InChI is InChI=1S/C15H17NO4/c17-15(13-5-7-18-13)16-6-1-2-11(16)10-3-4-12-14(8-10)20-9-19-12/h3-4,8,11,13H,1-2,5-7,9H2/t11-,13+/m1/s1. The number of rotatable bonds is 2. The summed E-state index contributed by atoms with van der Waals surface area (Å²) in [5.41, 5.74) is 1.12. The number of benzene rings is 1. The van der Waals surface area contributed by atoms with Crippen molar-refractivity contribution in [2.45, 2.75) is 31.4 Å². The van der Waals surface area contributed by atoms with E-state index in [0.717, 1.165) is 42.9 Å². The van der Waals surface area contributed by atoms with Crippen molar-refractivity contribution in [2.24, 2.45) is 0 Å². The van der Waals surface area contributed by atoms with Crippen molar-refractivity contribution in [1.82, 2.24) is 4.90 Å². The maximum atomic E-state index is 12.4. The van der Waals surface area contributed by atoms with E-state index in [-0.39, 0.29) is 24.8 Å². The molecule has 5 nitrogen and oxygen atoms in total. The quantitative estimate of drug-likeness (QED) is 0.826. The van der Waals surface area contributed by atoms with Crippen molar-refractivity contribution < 1.29 is 19.0 Å². The Balaban J connectivity index is 1.58. The molecule has 4 rings (SSSR count). The summed E-state index contributed by atoms with van der Waals surface area (Å²) < 4.78 is 16.1. The highest BCUT2D eigenvalue weighted by molar-refractivity contribution is 5.82. The molecular weight excluding hydrogens is 258 g/mol. The van der Waals surface area contributed by atoms with Gasteiger partial charge in [0.15, 0.2) is 11.5 Å². The SMILES string of the molecule is O=C([C@@H]1CCO1)N1CCC[C@@H]1c1ccc2c(c1)OCO2. The summed E-state index contributed by atoms with van der Waals surface area (Å²) in [7, 11) is 0. The molecule has 0 bridgehead atoms. The smallest absolute Gasteiger partial charge is 0.252 e. The Morgan fingerprint density at radius 1 is 1.20 bits per heavy atom. The first-order chi connectivity index (χ1) is 9.83. The molecule has 0 aromatic heterocycles. The minimum absolute atomic E-state index is 0.136. The van der Waals surface area contributed by atoms with Gasteiger partial charge in [-0.15, -0.1) is 0 Å². The summed E-state index contributed by atoms with van der Waals surface area (Å²) in [5.74, 6) is 1.70. The van der Waals surface area contributed by atoms with Crippen LogP contribution in [-0.2, 0) is 9.53 Å². The van der Waals surface area contributed by atoms with Crippen LogP contribution in [0.25, 0.3) is 0 Å². The zero-order valence-corrected chi connectivity index (χ0v) is 11.2. The lowest BCUT2D eigenvalue weighted by Gasteiger charge is -2.33. The van der Waals surface area contributed by atoms with Crippen LogP contribution in [0.15, 0.2) is 18.2 Å². The number of hydrogen-bond donors (Lipinski definition) is 0. The van der Waals surface area contributed by atoms with Gasteiger partial charge in [-0.1, -0.05) is 6.07 Å². The van der Waals surface area contributed by atoms with Gasteiger partial charge < -0.3 is 19.1 Å². The van der Waals surface area contributed by atoms with Gasteiger partial charge in [-0.3, -0.25) is 4.79 Å². The van der Waals surface area contributed by atoms with E-state index in [1.807, 2.05) is 23.1 Å². The molecule has 0 unspecified atom stereocenters. The number of carbonyl (C=O) groups excluding carboxylic acids is 1. The Labute approximate surface area is 117 Å². The van der Waals surface area contributed by atoms with E-state index in [2.05, 4.69) is 0 Å². The Bertz CT molecular complexity index is 541. The predicted octanol–water partition coefficient (Wildman–Crippen LogP) is 1.87. The molecule has 0 spiro atoms. The lowest BCUT2D eigenvalue weighted by Crippen LogP contribution is -2.45. The maximum absolute atomic E-state index is 12.4. The molecule has 2 fully saturated rings. The molecule has 0 N–H and O–H groups in total. The van der Waals surface area contributed by atoms with Crippen LogP contribution in [0.5, 0.6) is 11.5 Å². The zero-order chi connectivity index (χ0) is 13.5. The average Bonchev–Trinajstić information content (AvgIpc) is 3.04. The van der Waals surface area contributed by atoms with Gasteiger partial charge in [-0.25, -0.2) is 0 Å². The van der Waals surface area contributed by atoms with E-state index < -0.39 is 0 Å². The van der Waals surface area contributed by atoms with Crippen LogP contribution in [-0.4, -0.2) is 36.9 Å². The van der Waals surface area contributed by atoms with Crippen molar-refractivity contribution in [2.75, 3.05) is 19.9 Å². The van der Waals surface area contributed by atoms with Gasteiger partial charge in [0.25, 0.3) is 5.91 Å². The van der Waals surface area contributed by atoms with E-state index in [1.165, 1.54) is 0 Å². The fourth-order valence-corrected chi connectivity index (χ4v) is 3.11. The molecule has 0 aliphatic carbocycles. The van der Waals surface area contributed by atoms with Gasteiger partial charge in [-0.05, 0) is 30.5 Å². The molecule has 106 valence electrons. The van der Waals surface area contributed by atoms with Crippen molar-refractivity contribution in [1.29, 1.82) is 0 Å². The van der Waals surface area contributed by atoms with Crippen molar-refractivity contribution in [3.63, 3.8) is 0 Å². The van der Waals surface area contributed by atoms with Gasteiger partial charge in [0.1, 0.15) is 6.10 Å². The summed E-state index contributed by atoms with van der Waals surface area (Å²) in [6, 6.07) is 6.10. The third-order valence-corrected chi connectivity index (χ3v) is 4.29. The molecule has 2 atom stereocenters. The highest BCUT2D eigenvalue weighted by Crippen LogP contribution is 2.39. The molecule has 3 heterocycles. The van der Waals surface area contributed by atoms with Crippen molar-refractivity contribution >= 4 is 5.91 Å². The Hall–Kier alpha value is -1.75. The van der Waals surface area contributed by atoms with E-state index in [9.17, 15) is 4.79 Å². The molecular formula is C15H17NO4. The molecule has 5 heteroatoms. The van der Waals surface area contributed by atoms with Gasteiger partial charge in [0, 0.05) is 13.0 Å². The van der Waals surface area contributed by atoms with Gasteiger partial charge in [0.2, 0.25) is 6.79 Å². The molecule has 3 aliphatic heterocycles. The second-order valence-corrected chi connectivity index (χ2v) is 5.45. The molecule has 0 radical (unpaired) electrons. The number of ether oxygens (including phenoxy) is 3. The first-order valence-corrected chi connectivity index (χ1v) is 7.14. The molecule has 1 amide bonds. The van der Waals surface area contributed by atoms with Crippen molar-refractivity contribution in [3.05, 3.63) is 23.8 Å². The number of likely N-dealkylation sites (tertiary alicyclic amines) is 1. The van der Waals surface area contributed by atoms with Crippen LogP contribution in [0.3, 0.4) is 0 Å². The molecule has 20 heavy (non-hydrogen) atoms. The number of carbonyl (C=O) groups is 1. The van der Waals surface area contributed by atoms with Crippen LogP contribution in [0, 0.1) is 0 Å². The van der Waals surface area contributed by atoms with E-state index in [4.69, 9.17) is 14.2 Å². The Morgan fingerprint density at radius 3 is 2.85 bits per heavy atom. The summed E-state index contributed by atoms with van der Waals surface area (Å²) in [5, 5.41) is 0. The first-order valence-electron chi connectivity index (χ1n) is 7.14. The molecule has 3 aliphatic rings. The third-order valence-electron chi connectivity index (χ3n) is 4.29. The fraction of sp³-hybridized carbons (Fsp3) is 0.533. The van der Waals surface area contributed by atoms with Gasteiger partial charge in [-0.2, -0.15) is 0 Å². The number of nitrogens with zero attached hydrogens (tertiary/aromatic N) is 1. The number of amides is 1. The Kier molecular flexibility index (Phi) is 2.80. The first kappa shape index (κ1) is 12.0. The van der Waals surface area contributed by atoms with Crippen LogP contribution in [0.1, 0.15) is 30.9 Å². The molecule has 1 aromatic rings. The second kappa shape index (κ2) is 4.66. The number of hydrogen-bond acceptors (Lipinski definition) is 4. The molecule has 2 saturated heterocycles. The van der Waals surface area contributed by atoms with Crippen molar-refractivity contribution in [3.8, 4) is 11.5 Å². The largest absolute Gasteiger partial charge is 0.454 e. The topological polar surface area (TPSA) is 48.0 Å². The molecule has 0 saturated carbocycles. The van der Waals surface area contributed by atoms with E-state index in [0.29, 0.717) is 6.61 Å². The minimum atomic E-state index is -0.218. The zero-order valence-electron chi connectivity index (χ0n) is 11.2. The summed E-state index contributed by atoms with van der Waals surface area (Å²) in [4.78, 5) is 14.3. The van der Waals surface area contributed by atoms with E-state index >= 15 is 0 Å². The average molecular weight is 275 g/mol. The highest BCUT2D eigenvalue weighted by Gasteiger charge is 2.37. The normalized spacial score (nSPS) is 27.5. The van der Waals surface area contributed by atoms with Crippen LogP contribution in [0.4, 0.5) is 0 Å². The maximum Gasteiger partial charge on any atom is 0.252 e. The Morgan fingerprint density at radius 2 is 2.05 bits per heavy atom. The van der Waals surface area contributed by atoms with Crippen LogP contribution < -0.4 is 9.47 Å². The second-order valence-electron chi connectivity index (χ2n) is 5.45. The monoisotopic (exact) mass is 275 g/mol.